The summed E-state index contributed by atoms with van der Waals surface area (Å²) >= 11 is 0. The van der Waals surface area contributed by atoms with Gasteiger partial charge in [0.2, 0.25) is 0 Å². The van der Waals surface area contributed by atoms with Crippen molar-refractivity contribution in [1.82, 2.24) is 0 Å². The van der Waals surface area contributed by atoms with Crippen LogP contribution in [0, 0.1) is 0 Å². The van der Waals surface area contributed by atoms with E-state index in [9.17, 15) is 4.79 Å². The lowest BCUT2D eigenvalue weighted by atomic mass is 10.2. The van der Waals surface area contributed by atoms with Crippen LogP contribution in [0.4, 0.5) is 0 Å². The van der Waals surface area contributed by atoms with Gasteiger partial charge in [-0.3, -0.25) is 0 Å². The Morgan fingerprint density at radius 3 is 1.68 bits per heavy atom. The lowest BCUT2D eigenvalue weighted by Crippen LogP contribution is -2.67. The number of carbonyl (C=O) groups is 1. The molecule has 3 nitrogen and oxygen atoms in total. The molecule has 0 amide bonds. The van der Waals surface area contributed by atoms with Crippen molar-refractivity contribution in [2.45, 2.75) is 25.8 Å². The summed E-state index contributed by atoms with van der Waals surface area (Å²) in [7, 11) is -2.69. The van der Waals surface area contributed by atoms with E-state index < -0.39 is 14.3 Å². The third-order valence-electron chi connectivity index (χ3n) is 3.83. The molecule has 0 aliphatic carbocycles. The van der Waals surface area contributed by atoms with Gasteiger partial charge in [-0.2, -0.15) is 0 Å². The molecule has 0 heterocycles. The summed E-state index contributed by atoms with van der Waals surface area (Å²) in [4.78, 5) is 11.1. The van der Waals surface area contributed by atoms with Crippen LogP contribution in [0.1, 0.15) is 20.8 Å². The predicted molar refractivity (Wildman–Crippen MR) is 91.2 cm³/mol. The van der Waals surface area contributed by atoms with E-state index in [2.05, 4.69) is 20.8 Å². The Morgan fingerprint density at radius 1 is 0.955 bits per heavy atom. The smallest absolute Gasteiger partial charge is 0.328 e. The summed E-state index contributed by atoms with van der Waals surface area (Å²) in [5.41, 5.74) is 0. The minimum Gasteiger partial charge on any atom is -0.480 e. The topological polar surface area (TPSA) is 46.5 Å². The van der Waals surface area contributed by atoms with Crippen molar-refractivity contribution in [2.75, 3.05) is 6.61 Å². The Balaban J connectivity index is 2.67. The van der Waals surface area contributed by atoms with E-state index in [4.69, 9.17) is 9.53 Å². The first-order chi connectivity index (χ1) is 10.4. The highest BCUT2D eigenvalue weighted by molar-refractivity contribution is 6.99. The van der Waals surface area contributed by atoms with Crippen molar-refractivity contribution < 1.29 is 14.3 Å². The fourth-order valence-electron chi connectivity index (χ4n) is 2.93. The van der Waals surface area contributed by atoms with Gasteiger partial charge in [-0.1, -0.05) is 81.4 Å². The molecular formula is C18H22O3Si. The monoisotopic (exact) mass is 314 g/mol. The summed E-state index contributed by atoms with van der Waals surface area (Å²) in [6, 6.07) is 20.1. The summed E-state index contributed by atoms with van der Waals surface area (Å²) in [6.07, 6.45) is 0. The normalized spacial score (nSPS) is 12.1. The fraction of sp³-hybridized carbons (Fsp3) is 0.278. The summed E-state index contributed by atoms with van der Waals surface area (Å²) in [5, 5.41) is 11.1. The van der Waals surface area contributed by atoms with Crippen LogP contribution in [-0.4, -0.2) is 26.0 Å². The SMILES string of the molecule is CC(C)(C)[Si](OCC(=O)O)(c1ccccc1)c1ccccc1. The molecule has 2 rings (SSSR count). The average Bonchev–Trinajstić information content (AvgIpc) is 2.48. The minimum atomic E-state index is -2.69. The molecule has 0 radical (unpaired) electrons. The van der Waals surface area contributed by atoms with Crippen molar-refractivity contribution >= 4 is 24.7 Å². The van der Waals surface area contributed by atoms with Gasteiger partial charge in [-0.15, -0.1) is 0 Å². The molecule has 4 heteroatoms. The fourth-order valence-corrected chi connectivity index (χ4v) is 7.43. The average molecular weight is 314 g/mol. The molecule has 1 N–H and O–H groups in total. The summed E-state index contributed by atoms with van der Waals surface area (Å²) < 4.78 is 6.17. The van der Waals surface area contributed by atoms with Gasteiger partial charge >= 0.3 is 5.97 Å². The van der Waals surface area contributed by atoms with E-state index in [1.165, 1.54) is 0 Å². The number of rotatable bonds is 5. The van der Waals surface area contributed by atoms with E-state index in [-0.39, 0.29) is 11.6 Å². The van der Waals surface area contributed by atoms with Gasteiger partial charge in [0.05, 0.1) is 0 Å². The molecule has 2 aromatic carbocycles. The first-order valence-corrected chi connectivity index (χ1v) is 9.25. The van der Waals surface area contributed by atoms with Crippen molar-refractivity contribution in [3.63, 3.8) is 0 Å². The largest absolute Gasteiger partial charge is 0.480 e. The quantitative estimate of drug-likeness (QED) is 0.863. The molecule has 0 bridgehead atoms. The van der Waals surface area contributed by atoms with Gasteiger partial charge in [-0.05, 0) is 15.4 Å². The molecule has 0 aromatic heterocycles. The van der Waals surface area contributed by atoms with Crippen LogP contribution in [0.5, 0.6) is 0 Å². The lowest BCUT2D eigenvalue weighted by Gasteiger charge is -2.42. The molecule has 2 aromatic rings. The van der Waals surface area contributed by atoms with Gasteiger partial charge in [0, 0.05) is 0 Å². The maximum absolute atomic E-state index is 11.1. The zero-order valence-electron chi connectivity index (χ0n) is 13.2. The highest BCUT2D eigenvalue weighted by atomic mass is 28.4. The van der Waals surface area contributed by atoms with Crippen molar-refractivity contribution in [2.24, 2.45) is 0 Å². The van der Waals surface area contributed by atoms with Gasteiger partial charge in [0.1, 0.15) is 6.61 Å². The second-order valence-electron chi connectivity index (χ2n) is 6.35. The molecule has 0 aliphatic rings. The number of aliphatic carboxylic acids is 1. The number of benzene rings is 2. The van der Waals surface area contributed by atoms with Crippen LogP contribution < -0.4 is 10.4 Å². The molecule has 0 spiro atoms. The molecule has 0 atom stereocenters. The van der Waals surface area contributed by atoms with E-state index in [0.717, 1.165) is 10.4 Å². The Labute approximate surface area is 132 Å². The molecule has 0 aliphatic heterocycles. The van der Waals surface area contributed by atoms with Gasteiger partial charge in [0.15, 0.2) is 0 Å². The Hall–Kier alpha value is -1.91. The van der Waals surface area contributed by atoms with Gasteiger partial charge < -0.3 is 9.53 Å². The summed E-state index contributed by atoms with van der Waals surface area (Å²) in [5.74, 6) is -0.937. The number of hydrogen-bond acceptors (Lipinski definition) is 2. The highest BCUT2D eigenvalue weighted by Crippen LogP contribution is 2.36. The third kappa shape index (κ3) is 3.13. The maximum atomic E-state index is 11.1. The van der Waals surface area contributed by atoms with Crippen molar-refractivity contribution in [1.29, 1.82) is 0 Å². The molecule has 0 fully saturated rings. The van der Waals surface area contributed by atoms with Crippen LogP contribution in [-0.2, 0) is 9.22 Å². The zero-order chi connectivity index (χ0) is 16.2. The van der Waals surface area contributed by atoms with Crippen molar-refractivity contribution in [3.8, 4) is 0 Å². The van der Waals surface area contributed by atoms with E-state index >= 15 is 0 Å². The second kappa shape index (κ2) is 6.46. The molecular weight excluding hydrogens is 292 g/mol. The number of carboxylic acids is 1. The van der Waals surface area contributed by atoms with Gasteiger partial charge in [0.25, 0.3) is 8.32 Å². The van der Waals surface area contributed by atoms with E-state index in [1.807, 2.05) is 60.7 Å². The zero-order valence-corrected chi connectivity index (χ0v) is 14.2. The van der Waals surface area contributed by atoms with Crippen LogP contribution in [0.2, 0.25) is 5.04 Å². The minimum absolute atomic E-state index is 0.189. The molecule has 116 valence electrons. The second-order valence-corrected chi connectivity index (χ2v) is 10.7. The third-order valence-corrected chi connectivity index (χ3v) is 8.81. The first-order valence-electron chi connectivity index (χ1n) is 7.35. The van der Waals surface area contributed by atoms with Gasteiger partial charge in [-0.25, -0.2) is 4.79 Å². The standard InChI is InChI=1S/C18H22O3Si/c1-18(2,3)22(21-14-17(19)20,15-10-6-4-7-11-15)16-12-8-5-9-13-16/h4-13H,14H2,1-3H3,(H,19,20). The van der Waals surface area contributed by atoms with E-state index in [1.54, 1.807) is 0 Å². The summed E-state index contributed by atoms with van der Waals surface area (Å²) in [6.45, 7) is 6.09. The maximum Gasteiger partial charge on any atom is 0.328 e. The number of carboxylic acid groups (broad SMARTS) is 1. The first kappa shape index (κ1) is 16.5. The molecule has 0 saturated heterocycles. The van der Waals surface area contributed by atoms with Crippen LogP contribution in [0.25, 0.3) is 0 Å². The number of hydrogen-bond donors (Lipinski definition) is 1. The van der Waals surface area contributed by atoms with Crippen molar-refractivity contribution in [3.05, 3.63) is 60.7 Å². The molecule has 0 saturated carbocycles. The molecule has 22 heavy (non-hydrogen) atoms. The van der Waals surface area contributed by atoms with E-state index in [0.29, 0.717) is 0 Å². The highest BCUT2D eigenvalue weighted by Gasteiger charge is 2.50. The Kier molecular flexibility index (Phi) is 4.83. The van der Waals surface area contributed by atoms with Crippen LogP contribution >= 0.6 is 0 Å². The Morgan fingerprint density at radius 2 is 1.36 bits per heavy atom. The molecule has 0 unspecified atom stereocenters. The Bertz CT molecular complexity index is 578. The van der Waals surface area contributed by atoms with Crippen LogP contribution in [0.15, 0.2) is 60.7 Å². The predicted octanol–water partition coefficient (Wildman–Crippen LogP) is 2.65. The lowest BCUT2D eigenvalue weighted by molar-refractivity contribution is -0.139. The van der Waals surface area contributed by atoms with Crippen LogP contribution in [0.3, 0.4) is 0 Å².